The van der Waals surface area contributed by atoms with Gasteiger partial charge in [-0.3, -0.25) is 0 Å². The summed E-state index contributed by atoms with van der Waals surface area (Å²) in [6, 6.07) is -0.0965. The van der Waals surface area contributed by atoms with Crippen molar-refractivity contribution in [3.05, 3.63) is 37.0 Å². The molecule has 0 aromatic heterocycles. The largest absolute Gasteiger partial charge is 0.445 e. The summed E-state index contributed by atoms with van der Waals surface area (Å²) in [5.74, 6) is 0. The highest BCUT2D eigenvalue weighted by molar-refractivity contribution is 7.81. The van der Waals surface area contributed by atoms with E-state index in [0.717, 1.165) is 12.0 Å². The predicted octanol–water partition coefficient (Wildman–Crippen LogP) is 2.54. The second kappa shape index (κ2) is 9.99. The molecular formula is C16H24N2O4S. The molecule has 1 N–H and O–H groups in total. The average Bonchev–Trinajstić information content (AvgIpc) is 2.89. The van der Waals surface area contributed by atoms with Crippen LogP contribution in [-0.2, 0) is 9.47 Å². The van der Waals surface area contributed by atoms with Gasteiger partial charge in [0.1, 0.15) is 13.2 Å². The second-order valence-electron chi connectivity index (χ2n) is 5.23. The highest BCUT2D eigenvalue weighted by Crippen LogP contribution is 2.24. The number of hydrogen-bond acceptors (Lipinski definition) is 5. The van der Waals surface area contributed by atoms with Gasteiger partial charge in [-0.05, 0) is 13.3 Å². The molecule has 0 aromatic carbocycles. The Morgan fingerprint density at radius 3 is 2.61 bits per heavy atom. The maximum Gasteiger partial charge on any atom is 0.410 e. The van der Waals surface area contributed by atoms with Crippen molar-refractivity contribution < 1.29 is 19.1 Å². The van der Waals surface area contributed by atoms with E-state index in [4.69, 9.17) is 9.47 Å². The molecule has 0 saturated carbocycles. The lowest BCUT2D eigenvalue weighted by molar-refractivity contribution is 0.114. The number of carbonyl (C=O) groups excluding carboxylic acids is 2. The van der Waals surface area contributed by atoms with Crippen LogP contribution < -0.4 is 5.32 Å². The number of nitrogens with zero attached hydrogens (tertiary/aromatic N) is 1. The molecule has 0 unspecified atom stereocenters. The number of ether oxygens (including phenoxy) is 2. The lowest BCUT2D eigenvalue weighted by Crippen LogP contribution is -2.36. The zero-order chi connectivity index (χ0) is 17.2. The molecule has 6 nitrogen and oxygen atoms in total. The van der Waals surface area contributed by atoms with Crippen LogP contribution in [0.1, 0.15) is 13.3 Å². The Balaban J connectivity index is 2.56. The maximum absolute atomic E-state index is 12.0. The third-order valence-electron chi connectivity index (χ3n) is 3.20. The highest BCUT2D eigenvalue weighted by atomic mass is 32.1. The number of carbonyl (C=O) groups is 2. The number of likely N-dealkylation sites (tertiary alicyclic amines) is 1. The van der Waals surface area contributed by atoms with Gasteiger partial charge >= 0.3 is 12.2 Å². The van der Waals surface area contributed by atoms with Gasteiger partial charge in [0.25, 0.3) is 0 Å². The maximum atomic E-state index is 12.0. The minimum absolute atomic E-state index is 0.0965. The summed E-state index contributed by atoms with van der Waals surface area (Å²) in [6.07, 6.45) is 4.83. The minimum atomic E-state index is -0.501. The smallest absolute Gasteiger partial charge is 0.410 e. The molecule has 0 bridgehead atoms. The van der Waals surface area contributed by atoms with Crippen molar-refractivity contribution in [2.75, 3.05) is 26.3 Å². The minimum Gasteiger partial charge on any atom is -0.445 e. The molecule has 7 heteroatoms. The summed E-state index contributed by atoms with van der Waals surface area (Å²) in [6.45, 7) is 10.1. The van der Waals surface area contributed by atoms with Gasteiger partial charge in [0, 0.05) is 18.3 Å². The Labute approximate surface area is 142 Å². The first-order chi connectivity index (χ1) is 11.0. The fourth-order valence-corrected chi connectivity index (χ4v) is 2.60. The van der Waals surface area contributed by atoms with Crippen LogP contribution in [0.5, 0.6) is 0 Å². The monoisotopic (exact) mass is 340 g/mol. The standard InChI is InChI=1S/C16H24N2O4S/c1-4-6-21-15(19)17-10-12(3)8-13-9-14(23)11-18(13)16(20)22-7-5-2/h4-5,8,13-14,23H,1-2,6-7,9-11H2,3H3,(H,17,19)/t13-,14+/m1/s1. The van der Waals surface area contributed by atoms with Crippen LogP contribution in [-0.4, -0.2) is 54.7 Å². The van der Waals surface area contributed by atoms with Crippen molar-refractivity contribution in [2.24, 2.45) is 0 Å². The first-order valence-corrected chi connectivity index (χ1v) is 7.90. The predicted molar refractivity (Wildman–Crippen MR) is 92.7 cm³/mol. The van der Waals surface area contributed by atoms with E-state index in [1.54, 1.807) is 4.90 Å². The van der Waals surface area contributed by atoms with Gasteiger partial charge < -0.3 is 19.7 Å². The molecule has 0 aliphatic carbocycles. The van der Waals surface area contributed by atoms with Gasteiger partial charge in [0.15, 0.2) is 0 Å². The van der Waals surface area contributed by atoms with Crippen molar-refractivity contribution in [1.29, 1.82) is 0 Å². The van der Waals surface area contributed by atoms with E-state index in [1.807, 2.05) is 13.0 Å². The number of thiol groups is 1. The molecule has 1 aliphatic rings. The molecule has 1 fully saturated rings. The number of rotatable bonds is 7. The third-order valence-corrected chi connectivity index (χ3v) is 3.58. The first kappa shape index (κ1) is 19.2. The molecule has 1 rings (SSSR count). The summed E-state index contributed by atoms with van der Waals surface area (Å²) in [5.41, 5.74) is 0.925. The molecule has 1 aliphatic heterocycles. The van der Waals surface area contributed by atoms with Gasteiger partial charge in [0.05, 0.1) is 6.04 Å². The van der Waals surface area contributed by atoms with Gasteiger partial charge in [-0.1, -0.05) is 37.0 Å². The fourth-order valence-electron chi connectivity index (χ4n) is 2.21. The lowest BCUT2D eigenvalue weighted by Gasteiger charge is -2.22. The summed E-state index contributed by atoms with van der Waals surface area (Å²) in [4.78, 5) is 25.0. The molecule has 0 aromatic rings. The van der Waals surface area contributed by atoms with Crippen molar-refractivity contribution in [3.63, 3.8) is 0 Å². The third kappa shape index (κ3) is 6.81. The molecule has 2 amide bonds. The van der Waals surface area contributed by atoms with E-state index in [1.165, 1.54) is 12.2 Å². The molecule has 128 valence electrons. The van der Waals surface area contributed by atoms with Crippen molar-refractivity contribution in [1.82, 2.24) is 10.2 Å². The Morgan fingerprint density at radius 1 is 1.30 bits per heavy atom. The second-order valence-corrected chi connectivity index (χ2v) is 5.96. The number of nitrogens with one attached hydrogen (secondary N) is 1. The van der Waals surface area contributed by atoms with Crippen molar-refractivity contribution >= 4 is 24.8 Å². The van der Waals surface area contributed by atoms with Crippen LogP contribution in [0.3, 0.4) is 0 Å². The molecule has 23 heavy (non-hydrogen) atoms. The summed E-state index contributed by atoms with van der Waals surface area (Å²) in [5, 5.41) is 2.74. The molecule has 2 atom stereocenters. The number of hydrogen-bond donors (Lipinski definition) is 2. The first-order valence-electron chi connectivity index (χ1n) is 7.39. The SMILES string of the molecule is C=CCOC(=O)NCC(C)=C[C@@H]1C[C@H](S)CN1C(=O)OCC=C. The normalized spacial score (nSPS) is 20.8. The quantitative estimate of drug-likeness (QED) is 0.552. The topological polar surface area (TPSA) is 67.9 Å². The van der Waals surface area contributed by atoms with Crippen molar-refractivity contribution in [2.45, 2.75) is 24.6 Å². The molecular weight excluding hydrogens is 316 g/mol. The zero-order valence-electron chi connectivity index (χ0n) is 13.4. The highest BCUT2D eigenvalue weighted by Gasteiger charge is 2.33. The van der Waals surface area contributed by atoms with E-state index >= 15 is 0 Å². The van der Waals surface area contributed by atoms with Crippen molar-refractivity contribution in [3.8, 4) is 0 Å². The van der Waals surface area contributed by atoms with Crippen LogP contribution in [0.15, 0.2) is 37.0 Å². The Hall–Kier alpha value is -1.89. The summed E-state index contributed by atoms with van der Waals surface area (Å²) >= 11 is 4.44. The Bertz CT molecular complexity index is 479. The van der Waals surface area contributed by atoms with Crippen LogP contribution in [0.2, 0.25) is 0 Å². The van der Waals surface area contributed by atoms with E-state index in [-0.39, 0.29) is 30.6 Å². The fraction of sp³-hybridized carbons (Fsp3) is 0.500. The number of amides is 2. The van der Waals surface area contributed by atoms with Gasteiger partial charge in [0.2, 0.25) is 0 Å². The van der Waals surface area contributed by atoms with E-state index < -0.39 is 6.09 Å². The van der Waals surface area contributed by atoms with Crippen LogP contribution in [0, 0.1) is 0 Å². The number of alkyl carbamates (subject to hydrolysis) is 1. The van der Waals surface area contributed by atoms with E-state index in [0.29, 0.717) is 13.1 Å². The average molecular weight is 340 g/mol. The Kier molecular flexibility index (Phi) is 8.32. The van der Waals surface area contributed by atoms with Gasteiger partial charge in [-0.25, -0.2) is 9.59 Å². The summed E-state index contributed by atoms with van der Waals surface area (Å²) in [7, 11) is 0. The molecule has 1 heterocycles. The van der Waals surface area contributed by atoms with Gasteiger partial charge in [-0.2, -0.15) is 12.6 Å². The van der Waals surface area contributed by atoms with Crippen LogP contribution >= 0.6 is 12.6 Å². The van der Waals surface area contributed by atoms with Crippen LogP contribution in [0.25, 0.3) is 0 Å². The van der Waals surface area contributed by atoms with Gasteiger partial charge in [-0.15, -0.1) is 0 Å². The lowest BCUT2D eigenvalue weighted by atomic mass is 10.1. The van der Waals surface area contributed by atoms with E-state index in [9.17, 15) is 9.59 Å². The van der Waals surface area contributed by atoms with Crippen LogP contribution in [0.4, 0.5) is 9.59 Å². The van der Waals surface area contributed by atoms with E-state index in [2.05, 4.69) is 31.1 Å². The summed E-state index contributed by atoms with van der Waals surface area (Å²) < 4.78 is 9.92. The molecule has 0 radical (unpaired) electrons. The zero-order valence-corrected chi connectivity index (χ0v) is 14.3. The molecule has 0 spiro atoms. The Morgan fingerprint density at radius 2 is 1.96 bits per heavy atom. The molecule has 1 saturated heterocycles.